The predicted octanol–water partition coefficient (Wildman–Crippen LogP) is 3.57. The standard InChI is InChI=1S/C19H15N5O/c1-25-17-8-6-16(7-9-17)21-11-15-10-14-4-2-3-5-18(14)23-19(15)24-13-20-12-22-24/h2-13H,1H3. The van der Waals surface area contributed by atoms with E-state index in [0.29, 0.717) is 5.82 Å². The lowest BCUT2D eigenvalue weighted by Gasteiger charge is -2.07. The Morgan fingerprint density at radius 2 is 1.92 bits per heavy atom. The second kappa shape index (κ2) is 6.52. The third-order valence-corrected chi connectivity index (χ3v) is 3.79. The van der Waals surface area contributed by atoms with E-state index in [4.69, 9.17) is 9.72 Å². The highest BCUT2D eigenvalue weighted by Gasteiger charge is 2.08. The van der Waals surface area contributed by atoms with Crippen molar-refractivity contribution in [2.45, 2.75) is 0 Å². The van der Waals surface area contributed by atoms with Crippen LogP contribution < -0.4 is 4.74 Å². The van der Waals surface area contributed by atoms with Crippen LogP contribution in [0, 0.1) is 0 Å². The number of aromatic nitrogens is 4. The highest BCUT2D eigenvalue weighted by atomic mass is 16.5. The van der Waals surface area contributed by atoms with Crippen LogP contribution in [0.5, 0.6) is 5.75 Å². The summed E-state index contributed by atoms with van der Waals surface area (Å²) in [4.78, 5) is 13.3. The van der Waals surface area contributed by atoms with Crippen molar-refractivity contribution in [1.82, 2.24) is 19.7 Å². The molecule has 6 heteroatoms. The fraction of sp³-hybridized carbons (Fsp3) is 0.0526. The van der Waals surface area contributed by atoms with Crippen molar-refractivity contribution >= 4 is 22.8 Å². The van der Waals surface area contributed by atoms with Gasteiger partial charge in [0.05, 0.1) is 18.3 Å². The van der Waals surface area contributed by atoms with Crippen molar-refractivity contribution in [3.8, 4) is 11.6 Å². The maximum Gasteiger partial charge on any atom is 0.164 e. The molecule has 0 bridgehead atoms. The molecule has 25 heavy (non-hydrogen) atoms. The molecule has 2 aromatic heterocycles. The largest absolute Gasteiger partial charge is 0.497 e. The molecule has 6 nitrogen and oxygen atoms in total. The first-order valence-corrected chi connectivity index (χ1v) is 7.76. The first-order valence-electron chi connectivity index (χ1n) is 7.76. The predicted molar refractivity (Wildman–Crippen MR) is 96.9 cm³/mol. The van der Waals surface area contributed by atoms with Crippen molar-refractivity contribution in [1.29, 1.82) is 0 Å². The number of ether oxygens (including phenoxy) is 1. The fourth-order valence-corrected chi connectivity index (χ4v) is 2.53. The summed E-state index contributed by atoms with van der Waals surface area (Å²) < 4.78 is 6.81. The van der Waals surface area contributed by atoms with Crippen LogP contribution in [0.3, 0.4) is 0 Å². The molecule has 0 atom stereocenters. The van der Waals surface area contributed by atoms with Gasteiger partial charge in [0, 0.05) is 17.2 Å². The van der Waals surface area contributed by atoms with E-state index in [9.17, 15) is 0 Å². The third-order valence-electron chi connectivity index (χ3n) is 3.79. The van der Waals surface area contributed by atoms with Crippen LogP contribution in [0.15, 0.2) is 72.2 Å². The van der Waals surface area contributed by atoms with E-state index in [1.165, 1.54) is 6.33 Å². The lowest BCUT2D eigenvalue weighted by Crippen LogP contribution is -2.03. The van der Waals surface area contributed by atoms with Crippen molar-refractivity contribution < 1.29 is 4.74 Å². The van der Waals surface area contributed by atoms with Crippen LogP contribution in [-0.4, -0.2) is 33.1 Å². The van der Waals surface area contributed by atoms with Gasteiger partial charge in [-0.25, -0.2) is 14.6 Å². The highest BCUT2D eigenvalue weighted by molar-refractivity contribution is 5.92. The number of hydrogen-bond donors (Lipinski definition) is 0. The van der Waals surface area contributed by atoms with Crippen LogP contribution in [-0.2, 0) is 0 Å². The Balaban J connectivity index is 1.78. The highest BCUT2D eigenvalue weighted by Crippen LogP contribution is 2.20. The minimum Gasteiger partial charge on any atom is -0.497 e. The van der Waals surface area contributed by atoms with Gasteiger partial charge in [0.2, 0.25) is 0 Å². The number of benzene rings is 2. The molecule has 0 spiro atoms. The zero-order valence-electron chi connectivity index (χ0n) is 13.6. The van der Waals surface area contributed by atoms with Crippen LogP contribution >= 0.6 is 0 Å². The Morgan fingerprint density at radius 3 is 2.68 bits per heavy atom. The summed E-state index contributed by atoms with van der Waals surface area (Å²) in [6.07, 6.45) is 4.90. The first kappa shape index (κ1) is 15.0. The van der Waals surface area contributed by atoms with Crippen LogP contribution in [0.4, 0.5) is 5.69 Å². The Labute approximate surface area is 144 Å². The third kappa shape index (κ3) is 3.10. The van der Waals surface area contributed by atoms with E-state index in [1.54, 1.807) is 24.3 Å². The molecule has 2 aromatic carbocycles. The lowest BCUT2D eigenvalue weighted by atomic mass is 10.1. The van der Waals surface area contributed by atoms with Gasteiger partial charge in [0.15, 0.2) is 5.82 Å². The van der Waals surface area contributed by atoms with Gasteiger partial charge in [-0.2, -0.15) is 5.10 Å². The monoisotopic (exact) mass is 329 g/mol. The Hall–Kier alpha value is -3.54. The SMILES string of the molecule is COc1ccc(N=Cc2cc3ccccc3nc2-n2cncn2)cc1. The topological polar surface area (TPSA) is 65.2 Å². The summed E-state index contributed by atoms with van der Waals surface area (Å²) in [5.74, 6) is 1.49. The molecule has 0 fully saturated rings. The molecule has 0 radical (unpaired) electrons. The van der Waals surface area contributed by atoms with E-state index in [0.717, 1.165) is 27.9 Å². The molecule has 0 aliphatic rings. The van der Waals surface area contributed by atoms with Crippen LogP contribution in [0.25, 0.3) is 16.7 Å². The van der Waals surface area contributed by atoms with Gasteiger partial charge in [-0.3, -0.25) is 4.99 Å². The number of para-hydroxylation sites is 1. The van der Waals surface area contributed by atoms with Crippen LogP contribution in [0.2, 0.25) is 0 Å². The van der Waals surface area contributed by atoms with E-state index in [-0.39, 0.29) is 0 Å². The maximum atomic E-state index is 5.17. The number of fused-ring (bicyclic) bond motifs is 1. The van der Waals surface area contributed by atoms with Gasteiger partial charge < -0.3 is 4.74 Å². The molecule has 4 rings (SSSR count). The van der Waals surface area contributed by atoms with Crippen LogP contribution in [0.1, 0.15) is 5.56 Å². The Morgan fingerprint density at radius 1 is 1.08 bits per heavy atom. The second-order valence-corrected chi connectivity index (χ2v) is 5.39. The first-order chi connectivity index (χ1) is 12.3. The maximum absolute atomic E-state index is 5.17. The fourth-order valence-electron chi connectivity index (χ4n) is 2.53. The molecule has 122 valence electrons. The Bertz CT molecular complexity index is 1020. The second-order valence-electron chi connectivity index (χ2n) is 5.39. The number of nitrogens with zero attached hydrogens (tertiary/aromatic N) is 5. The minimum atomic E-state index is 0.688. The summed E-state index contributed by atoms with van der Waals surface area (Å²) in [7, 11) is 1.64. The molecular formula is C19H15N5O. The van der Waals surface area contributed by atoms with Crippen molar-refractivity contribution in [2.75, 3.05) is 7.11 Å². The average Bonchev–Trinajstić information content (AvgIpc) is 3.20. The number of rotatable bonds is 4. The zero-order valence-corrected chi connectivity index (χ0v) is 13.6. The average molecular weight is 329 g/mol. The molecule has 4 aromatic rings. The quantitative estimate of drug-likeness (QED) is 0.537. The molecule has 0 amide bonds. The van der Waals surface area contributed by atoms with Gasteiger partial charge in [-0.1, -0.05) is 18.2 Å². The number of hydrogen-bond acceptors (Lipinski definition) is 5. The summed E-state index contributed by atoms with van der Waals surface area (Å²) in [5, 5.41) is 5.24. The van der Waals surface area contributed by atoms with Gasteiger partial charge in [0.25, 0.3) is 0 Å². The summed E-state index contributed by atoms with van der Waals surface area (Å²) in [5.41, 5.74) is 2.59. The summed E-state index contributed by atoms with van der Waals surface area (Å²) in [6.45, 7) is 0. The van der Waals surface area contributed by atoms with Crippen molar-refractivity contribution in [3.05, 3.63) is 72.8 Å². The van der Waals surface area contributed by atoms with Crippen molar-refractivity contribution in [2.24, 2.45) is 4.99 Å². The molecule has 0 N–H and O–H groups in total. The number of pyridine rings is 1. The molecule has 0 saturated heterocycles. The molecule has 0 saturated carbocycles. The van der Waals surface area contributed by atoms with Gasteiger partial charge in [-0.15, -0.1) is 0 Å². The Kier molecular flexibility index (Phi) is 3.92. The normalized spacial score (nSPS) is 11.2. The van der Waals surface area contributed by atoms with Gasteiger partial charge in [0.1, 0.15) is 18.4 Å². The molecule has 0 unspecified atom stereocenters. The van der Waals surface area contributed by atoms with E-state index < -0.39 is 0 Å². The van der Waals surface area contributed by atoms with Gasteiger partial charge in [-0.05, 0) is 36.4 Å². The van der Waals surface area contributed by atoms with Crippen molar-refractivity contribution in [3.63, 3.8) is 0 Å². The molecule has 2 heterocycles. The zero-order chi connectivity index (χ0) is 17.1. The summed E-state index contributed by atoms with van der Waals surface area (Å²) >= 11 is 0. The van der Waals surface area contributed by atoms with E-state index in [1.807, 2.05) is 54.6 Å². The minimum absolute atomic E-state index is 0.688. The smallest absolute Gasteiger partial charge is 0.164 e. The van der Waals surface area contributed by atoms with E-state index >= 15 is 0 Å². The van der Waals surface area contributed by atoms with Gasteiger partial charge >= 0.3 is 0 Å². The number of methoxy groups -OCH3 is 1. The summed E-state index contributed by atoms with van der Waals surface area (Å²) in [6, 6.07) is 17.6. The molecule has 0 aliphatic heterocycles. The molecular weight excluding hydrogens is 314 g/mol. The molecule has 0 aliphatic carbocycles. The van der Waals surface area contributed by atoms with E-state index in [2.05, 4.69) is 15.1 Å². The number of aliphatic imine (C=N–C) groups is 1. The lowest BCUT2D eigenvalue weighted by molar-refractivity contribution is 0.415.